The van der Waals surface area contributed by atoms with Crippen LogP contribution in [0.5, 0.6) is 0 Å². The summed E-state index contributed by atoms with van der Waals surface area (Å²) in [6.45, 7) is 22.1. The summed E-state index contributed by atoms with van der Waals surface area (Å²) in [5.41, 5.74) is 10.4. The lowest BCUT2D eigenvalue weighted by atomic mass is 9.80. The summed E-state index contributed by atoms with van der Waals surface area (Å²) in [5, 5.41) is 34.7. The number of Topliss-reactive ketones (excluding diaryl/α,β-unsaturated/α-hetero) is 4. The topological polar surface area (TPSA) is 333 Å². The van der Waals surface area contributed by atoms with Crippen molar-refractivity contribution in [2.75, 3.05) is 116 Å². The standard InChI is InChI=1S/C75H111N11O16/c1-47-15-11-10-12-16-48(2)63(97-8)41-57-20-18-52(6)75(96,102-57)69(92)70(93)86-23-14-13-17-60(86)71(94)100-64(42-61(88)49(3)38-51(5)67(90)68(91)66(89)50(4)37-47)58(76)39-54-19-21-62(65(40-54)98-9)101-74(95)85-24-22-59-56(46-85)45-79-73(80-59)84-31-27-82(28-32-84)34-36-99-35-33-81-25-29-83(30-26-81)72-77-43-55(44-78-72)53(7)87/h10-12,15-16,38,43-45,47,49-50,52,54,57-58,60,62-65,67-68,90-91,96H,13-14,17-37,39-42,46,76H2,1-9H3/b12-10+,15-11+,48-16+,51-38+/t47-,49-,50-,52-,54+,57+,58-,60+,62-,63+,64+,65-,67-,68+,75-/m1/s1. The smallest absolute Gasteiger partial charge is 0.410 e. The first-order chi connectivity index (χ1) is 48.8. The van der Waals surface area contributed by atoms with Gasteiger partial charge in [-0.3, -0.25) is 33.8 Å². The van der Waals surface area contributed by atoms with E-state index in [-0.39, 0.29) is 55.5 Å². The molecule has 2 aromatic rings. The summed E-state index contributed by atoms with van der Waals surface area (Å²) in [6.07, 6.45) is 12.8. The van der Waals surface area contributed by atoms with Crippen LogP contribution in [0, 0.1) is 29.6 Å². The molecule has 5 fully saturated rings. The number of esters is 1. The van der Waals surface area contributed by atoms with Crippen molar-refractivity contribution in [1.29, 1.82) is 0 Å². The number of carbonyl (C=O) groups excluding carboxylic acids is 7. The van der Waals surface area contributed by atoms with E-state index in [1.807, 2.05) is 50.4 Å². The molecule has 102 heavy (non-hydrogen) atoms. The summed E-state index contributed by atoms with van der Waals surface area (Å²) in [5.74, 6) is -7.91. The Labute approximate surface area is 600 Å². The van der Waals surface area contributed by atoms with Crippen LogP contribution in [0.15, 0.2) is 66.2 Å². The Balaban J connectivity index is 0.788. The van der Waals surface area contributed by atoms with E-state index in [1.165, 1.54) is 19.9 Å². The Morgan fingerprint density at radius 1 is 0.745 bits per heavy atom. The van der Waals surface area contributed by atoms with Gasteiger partial charge in [-0.1, -0.05) is 64.2 Å². The van der Waals surface area contributed by atoms with Gasteiger partial charge in [-0.2, -0.15) is 0 Å². The fourth-order valence-electron chi connectivity index (χ4n) is 15.1. The maximum Gasteiger partial charge on any atom is 0.410 e. The Morgan fingerprint density at radius 3 is 2.09 bits per heavy atom. The van der Waals surface area contributed by atoms with E-state index in [9.17, 15) is 48.9 Å². The van der Waals surface area contributed by atoms with Crippen LogP contribution < -0.4 is 15.5 Å². The number of carbonyl (C=O) groups is 7. The van der Waals surface area contributed by atoms with Crippen molar-refractivity contribution in [1.82, 2.24) is 39.5 Å². The molecule has 4 saturated heterocycles. The molecule has 2 amide bonds. The summed E-state index contributed by atoms with van der Waals surface area (Å²) in [4.78, 5) is 128. The van der Waals surface area contributed by atoms with Crippen molar-refractivity contribution in [2.45, 2.75) is 199 Å². The molecule has 9 rings (SSSR count). The van der Waals surface area contributed by atoms with Gasteiger partial charge in [-0.25, -0.2) is 29.5 Å². The molecule has 1 aliphatic carbocycles. The monoisotopic (exact) mass is 1420 g/mol. The number of aliphatic hydroxyl groups is 3. The zero-order valence-electron chi connectivity index (χ0n) is 61.3. The molecule has 15 atom stereocenters. The third kappa shape index (κ3) is 20.8. The van der Waals surface area contributed by atoms with Crippen LogP contribution in [0.2, 0.25) is 0 Å². The van der Waals surface area contributed by atoms with Crippen molar-refractivity contribution in [3.63, 3.8) is 0 Å². The van der Waals surface area contributed by atoms with Gasteiger partial charge in [0.05, 0.1) is 49.3 Å². The molecular weight excluding hydrogens is 1310 g/mol. The van der Waals surface area contributed by atoms with Crippen LogP contribution in [0.3, 0.4) is 0 Å². The number of aliphatic hydroxyl groups excluding tert-OH is 2. The molecule has 8 heterocycles. The number of amides is 2. The first-order valence-corrected chi connectivity index (χ1v) is 36.9. The molecule has 27 nitrogen and oxygen atoms in total. The maximum absolute atomic E-state index is 14.7. The number of nitrogens with zero attached hydrogens (tertiary/aromatic N) is 10. The lowest BCUT2D eigenvalue weighted by molar-refractivity contribution is -0.265. The van der Waals surface area contributed by atoms with Gasteiger partial charge < -0.3 is 69.1 Å². The zero-order valence-corrected chi connectivity index (χ0v) is 61.3. The quantitative estimate of drug-likeness (QED) is 0.0588. The van der Waals surface area contributed by atoms with E-state index >= 15 is 0 Å². The first-order valence-electron chi connectivity index (χ1n) is 36.9. The van der Waals surface area contributed by atoms with Gasteiger partial charge in [0, 0.05) is 160 Å². The highest BCUT2D eigenvalue weighted by atomic mass is 16.6. The number of anilines is 2. The molecule has 0 radical (unpaired) electrons. The number of piperazine rings is 2. The van der Waals surface area contributed by atoms with Crippen molar-refractivity contribution >= 4 is 53.0 Å². The minimum atomic E-state index is -2.50. The normalized spacial score (nSPS) is 32.8. The lowest BCUT2D eigenvalue weighted by Gasteiger charge is -2.42. The lowest BCUT2D eigenvalue weighted by Crippen LogP contribution is -2.61. The summed E-state index contributed by atoms with van der Waals surface area (Å²) in [7, 11) is 3.11. The average molecular weight is 1420 g/mol. The molecule has 0 unspecified atom stereocenters. The highest BCUT2D eigenvalue weighted by Gasteiger charge is 2.53. The summed E-state index contributed by atoms with van der Waals surface area (Å²) >= 11 is 0. The molecule has 0 spiro atoms. The van der Waals surface area contributed by atoms with Gasteiger partial charge in [0.15, 0.2) is 11.6 Å². The van der Waals surface area contributed by atoms with E-state index in [1.54, 1.807) is 52.3 Å². The first kappa shape index (κ1) is 79.3. The Bertz CT molecular complexity index is 3320. The number of ether oxygens (including phenoxy) is 6. The van der Waals surface area contributed by atoms with Gasteiger partial charge in [-0.05, 0) is 108 Å². The third-order valence-corrected chi connectivity index (χ3v) is 21.9. The highest BCUT2D eigenvalue weighted by Crippen LogP contribution is 2.38. The molecule has 6 aliphatic heterocycles. The van der Waals surface area contributed by atoms with Crippen LogP contribution in [0.25, 0.3) is 0 Å². The van der Waals surface area contributed by atoms with E-state index < -0.39 is 120 Å². The Hall–Kier alpha value is -6.79. The molecule has 2 bridgehead atoms. The second-order valence-corrected chi connectivity index (χ2v) is 29.3. The Kier molecular flexibility index (Phi) is 29.0. The van der Waals surface area contributed by atoms with Gasteiger partial charge in [0.1, 0.15) is 36.2 Å². The number of rotatable bonds is 15. The molecule has 562 valence electrons. The molecule has 0 aromatic carbocycles. The molecule has 5 N–H and O–H groups in total. The Morgan fingerprint density at radius 2 is 1.42 bits per heavy atom. The molecular formula is C75H111N11O16. The van der Waals surface area contributed by atoms with Crippen LogP contribution >= 0.6 is 0 Å². The number of methoxy groups -OCH3 is 2. The number of nitrogens with two attached hydrogens (primary N) is 1. The van der Waals surface area contributed by atoms with Crippen molar-refractivity contribution in [2.24, 2.45) is 35.3 Å². The predicted molar refractivity (Wildman–Crippen MR) is 380 cm³/mol. The van der Waals surface area contributed by atoms with Crippen LogP contribution in [0.1, 0.15) is 147 Å². The van der Waals surface area contributed by atoms with Crippen molar-refractivity contribution < 1.29 is 77.3 Å². The minimum Gasteiger partial charge on any atom is -0.459 e. The number of ketones is 4. The summed E-state index contributed by atoms with van der Waals surface area (Å²) in [6, 6.07) is -2.22. The van der Waals surface area contributed by atoms with Crippen LogP contribution in [-0.4, -0.2) is 263 Å². The molecule has 7 aliphatic rings. The minimum absolute atomic E-state index is 0.00885. The number of aromatic nitrogens is 4. The van der Waals surface area contributed by atoms with Gasteiger partial charge >= 0.3 is 12.1 Å². The second kappa shape index (κ2) is 37.3. The van der Waals surface area contributed by atoms with Crippen molar-refractivity contribution in [3.05, 3.63) is 83.0 Å². The fourth-order valence-corrected chi connectivity index (χ4v) is 15.1. The number of hydrogen-bond acceptors (Lipinski definition) is 25. The number of fused-ring (bicyclic) bond motifs is 4. The zero-order chi connectivity index (χ0) is 73.4. The molecule has 2 aromatic heterocycles. The summed E-state index contributed by atoms with van der Waals surface area (Å²) < 4.78 is 36.6. The average Bonchev–Trinajstić information content (AvgIpc) is 0.773. The fraction of sp³-hybridized carbons (Fsp3) is 0.693. The van der Waals surface area contributed by atoms with Crippen molar-refractivity contribution in [3.8, 4) is 0 Å². The van der Waals surface area contributed by atoms with E-state index in [0.717, 1.165) is 87.2 Å². The second-order valence-electron chi connectivity index (χ2n) is 29.3. The van der Waals surface area contributed by atoms with Crippen LogP contribution in [-0.2, 0) is 65.4 Å². The SMILES string of the molecule is CO[C@H]1C[C@@H]2CC[C@@H](C)[C@@](O)(O2)C(=O)C(=O)N2CCCC[C@H]2C(=O)O[C@H]([C@H](N)C[C@@H]2CC[C@@H](OC(=O)N3CCc4nc(N5CCN(CCOCCN6CCN(c7ncc(C(C)=O)cn7)CC6)CC5)ncc4C3)[C@H](OC)C2)CC(=O)[C@H](C)/C=C(\C)[C@@H](O)[C@@H](O)C(=O)[C@H](C)C[C@H](C)/C=C/C=C/C=C/1C. The van der Waals surface area contributed by atoms with Gasteiger partial charge in [0.2, 0.25) is 17.7 Å². The number of cyclic esters (lactones) is 1. The molecule has 27 heteroatoms. The van der Waals surface area contributed by atoms with E-state index in [0.29, 0.717) is 95.0 Å². The van der Waals surface area contributed by atoms with Gasteiger partial charge in [-0.15, -0.1) is 0 Å². The number of allylic oxidation sites excluding steroid dienone is 6. The predicted octanol–water partition coefficient (Wildman–Crippen LogP) is 5.16. The largest absolute Gasteiger partial charge is 0.459 e. The van der Waals surface area contributed by atoms with Gasteiger partial charge in [0.25, 0.3) is 11.7 Å². The maximum atomic E-state index is 14.7. The van der Waals surface area contributed by atoms with E-state index in [4.69, 9.17) is 44.1 Å². The van der Waals surface area contributed by atoms with E-state index in [2.05, 4.69) is 29.6 Å². The van der Waals surface area contributed by atoms with Crippen LogP contribution in [0.4, 0.5) is 16.7 Å². The molecule has 1 saturated carbocycles. The number of piperidine rings is 1. The third-order valence-electron chi connectivity index (χ3n) is 21.9. The highest BCUT2D eigenvalue weighted by molar-refractivity contribution is 6.39. The number of hydrogen-bond donors (Lipinski definition) is 4.